The minimum atomic E-state index is -0.291. The summed E-state index contributed by atoms with van der Waals surface area (Å²) >= 11 is 1.79. The van der Waals surface area contributed by atoms with E-state index in [0.29, 0.717) is 10.8 Å². The molecule has 1 nitrogen and oxygen atoms in total. The van der Waals surface area contributed by atoms with Crippen molar-refractivity contribution in [2.75, 3.05) is 6.61 Å². The predicted molar refractivity (Wildman–Crippen MR) is 66.8 cm³/mol. The molecule has 0 saturated carbocycles. The molecule has 0 bridgehead atoms. The highest BCUT2D eigenvalue weighted by Gasteiger charge is 2.03. The van der Waals surface area contributed by atoms with Crippen molar-refractivity contribution in [3.8, 4) is 11.8 Å². The smallest absolute Gasteiger partial charge is 0.124 e. The van der Waals surface area contributed by atoms with Crippen molar-refractivity contribution in [1.82, 2.24) is 0 Å². The molecule has 0 heterocycles. The van der Waals surface area contributed by atoms with E-state index in [1.54, 1.807) is 17.8 Å². The van der Waals surface area contributed by atoms with Crippen LogP contribution in [-0.2, 0) is 5.75 Å². The molecule has 0 aliphatic carbocycles. The van der Waals surface area contributed by atoms with Gasteiger partial charge >= 0.3 is 0 Å². The molecule has 3 heteroatoms. The fourth-order valence-electron chi connectivity index (χ4n) is 1.18. The van der Waals surface area contributed by atoms with Gasteiger partial charge in [0.2, 0.25) is 0 Å². The molecule has 0 fully saturated rings. The van der Waals surface area contributed by atoms with Crippen molar-refractivity contribution in [3.63, 3.8) is 0 Å². The SMILES string of the molecule is CC(C)SCc1ccc(F)cc1C#CCO. The van der Waals surface area contributed by atoms with Crippen LogP contribution in [-0.4, -0.2) is 17.0 Å². The van der Waals surface area contributed by atoms with Crippen molar-refractivity contribution >= 4 is 11.8 Å². The van der Waals surface area contributed by atoms with Crippen molar-refractivity contribution in [1.29, 1.82) is 0 Å². The molecular formula is C13H15FOS. The Balaban J connectivity index is 2.89. The van der Waals surface area contributed by atoms with Gasteiger partial charge in [-0.15, -0.1) is 0 Å². The van der Waals surface area contributed by atoms with E-state index in [2.05, 4.69) is 25.7 Å². The van der Waals surface area contributed by atoms with Crippen molar-refractivity contribution in [3.05, 3.63) is 35.1 Å². The van der Waals surface area contributed by atoms with Gasteiger partial charge in [0.05, 0.1) is 0 Å². The summed E-state index contributed by atoms with van der Waals surface area (Å²) < 4.78 is 13.0. The van der Waals surface area contributed by atoms with Gasteiger partial charge < -0.3 is 5.11 Å². The fraction of sp³-hybridized carbons (Fsp3) is 0.385. The number of thioether (sulfide) groups is 1. The molecule has 0 amide bonds. The van der Waals surface area contributed by atoms with E-state index in [1.165, 1.54) is 12.1 Å². The second-order valence-electron chi connectivity index (χ2n) is 3.62. The average molecular weight is 238 g/mol. The Bertz CT molecular complexity index is 404. The lowest BCUT2D eigenvalue weighted by Crippen LogP contribution is -1.93. The maximum Gasteiger partial charge on any atom is 0.124 e. The van der Waals surface area contributed by atoms with E-state index in [1.807, 2.05) is 0 Å². The van der Waals surface area contributed by atoms with Crippen molar-refractivity contribution < 1.29 is 9.50 Å². The van der Waals surface area contributed by atoms with E-state index in [9.17, 15) is 4.39 Å². The number of aliphatic hydroxyl groups excluding tert-OH is 1. The zero-order valence-electron chi connectivity index (χ0n) is 9.46. The van der Waals surface area contributed by atoms with Crippen LogP contribution in [0.15, 0.2) is 18.2 Å². The Labute approximate surface area is 100 Å². The number of rotatable bonds is 3. The summed E-state index contributed by atoms with van der Waals surface area (Å²) in [6, 6.07) is 4.62. The Kier molecular flexibility index (Phi) is 5.37. The Morgan fingerprint density at radius 1 is 1.44 bits per heavy atom. The standard InChI is InChI=1S/C13H15FOS/c1-10(2)16-9-12-5-6-13(14)8-11(12)4-3-7-15/h5-6,8,10,15H,7,9H2,1-2H3. The minimum absolute atomic E-state index is 0.201. The van der Waals surface area contributed by atoms with Crippen LogP contribution in [0.25, 0.3) is 0 Å². The number of hydrogen-bond donors (Lipinski definition) is 1. The summed E-state index contributed by atoms with van der Waals surface area (Å²) in [5, 5.41) is 9.16. The minimum Gasteiger partial charge on any atom is -0.384 e. The highest BCUT2D eigenvalue weighted by molar-refractivity contribution is 7.99. The molecule has 0 unspecified atom stereocenters. The van der Waals surface area contributed by atoms with E-state index in [0.717, 1.165) is 11.3 Å². The molecule has 0 saturated heterocycles. The van der Waals surface area contributed by atoms with E-state index in [-0.39, 0.29) is 12.4 Å². The molecular weight excluding hydrogens is 223 g/mol. The van der Waals surface area contributed by atoms with E-state index >= 15 is 0 Å². The van der Waals surface area contributed by atoms with Gasteiger partial charge in [0.15, 0.2) is 0 Å². The average Bonchev–Trinajstić information content (AvgIpc) is 2.24. The molecule has 0 radical (unpaired) electrons. The molecule has 0 atom stereocenters. The first kappa shape index (κ1) is 13.1. The zero-order valence-corrected chi connectivity index (χ0v) is 10.3. The summed E-state index contributed by atoms with van der Waals surface area (Å²) in [4.78, 5) is 0. The monoisotopic (exact) mass is 238 g/mol. The maximum atomic E-state index is 13.0. The number of benzene rings is 1. The first-order valence-corrected chi connectivity index (χ1v) is 6.18. The molecule has 0 aromatic heterocycles. The topological polar surface area (TPSA) is 20.2 Å². The van der Waals surface area contributed by atoms with Gasteiger partial charge in [-0.2, -0.15) is 11.8 Å². The lowest BCUT2D eigenvalue weighted by molar-refractivity contribution is 0.350. The van der Waals surface area contributed by atoms with Crippen molar-refractivity contribution in [2.45, 2.75) is 24.9 Å². The second kappa shape index (κ2) is 6.57. The van der Waals surface area contributed by atoms with Gasteiger partial charge in [0.25, 0.3) is 0 Å². The van der Waals surface area contributed by atoms with Gasteiger partial charge in [-0.25, -0.2) is 4.39 Å². The third kappa shape index (κ3) is 4.26. The fourth-order valence-corrected chi connectivity index (χ4v) is 1.95. The molecule has 1 aromatic carbocycles. The Morgan fingerprint density at radius 3 is 2.81 bits per heavy atom. The number of hydrogen-bond acceptors (Lipinski definition) is 2. The third-order valence-corrected chi connectivity index (χ3v) is 3.09. The van der Waals surface area contributed by atoms with Crippen LogP contribution in [0.5, 0.6) is 0 Å². The summed E-state index contributed by atoms with van der Waals surface area (Å²) in [5.74, 6) is 5.85. The summed E-state index contributed by atoms with van der Waals surface area (Å²) in [6.07, 6.45) is 0. The summed E-state index contributed by atoms with van der Waals surface area (Å²) in [5.41, 5.74) is 1.68. The Morgan fingerprint density at radius 2 is 2.19 bits per heavy atom. The molecule has 86 valence electrons. The first-order valence-electron chi connectivity index (χ1n) is 5.13. The van der Waals surface area contributed by atoms with Crippen LogP contribution in [0, 0.1) is 17.7 Å². The van der Waals surface area contributed by atoms with Crippen LogP contribution in [0.3, 0.4) is 0 Å². The molecule has 16 heavy (non-hydrogen) atoms. The highest BCUT2D eigenvalue weighted by atomic mass is 32.2. The van der Waals surface area contributed by atoms with Crippen LogP contribution in [0.4, 0.5) is 4.39 Å². The third-order valence-electron chi connectivity index (χ3n) is 1.95. The van der Waals surface area contributed by atoms with Crippen LogP contribution in [0.1, 0.15) is 25.0 Å². The normalized spacial score (nSPS) is 10.1. The van der Waals surface area contributed by atoms with E-state index < -0.39 is 0 Å². The molecule has 0 aliphatic heterocycles. The zero-order chi connectivity index (χ0) is 12.0. The molecule has 1 rings (SSSR count). The number of aliphatic hydroxyl groups is 1. The van der Waals surface area contributed by atoms with Gasteiger partial charge in [-0.05, 0) is 22.9 Å². The predicted octanol–water partition coefficient (Wildman–Crippen LogP) is 2.81. The lowest BCUT2D eigenvalue weighted by atomic mass is 10.1. The quantitative estimate of drug-likeness (QED) is 0.817. The molecule has 0 aliphatic rings. The van der Waals surface area contributed by atoms with E-state index in [4.69, 9.17) is 5.11 Å². The number of halogens is 1. The lowest BCUT2D eigenvalue weighted by Gasteiger charge is -2.07. The molecule has 1 aromatic rings. The van der Waals surface area contributed by atoms with Crippen LogP contribution < -0.4 is 0 Å². The first-order chi connectivity index (χ1) is 7.63. The van der Waals surface area contributed by atoms with Crippen LogP contribution >= 0.6 is 11.8 Å². The Hall–Kier alpha value is -0.980. The molecule has 1 N–H and O–H groups in total. The molecule has 0 spiro atoms. The van der Waals surface area contributed by atoms with Gasteiger partial charge in [0.1, 0.15) is 12.4 Å². The summed E-state index contributed by atoms with van der Waals surface area (Å²) in [6.45, 7) is 4.04. The summed E-state index contributed by atoms with van der Waals surface area (Å²) in [7, 11) is 0. The van der Waals surface area contributed by atoms with Crippen molar-refractivity contribution in [2.24, 2.45) is 0 Å². The maximum absolute atomic E-state index is 13.0. The van der Waals surface area contributed by atoms with Gasteiger partial charge in [-0.1, -0.05) is 31.8 Å². The van der Waals surface area contributed by atoms with Gasteiger partial charge in [-0.3, -0.25) is 0 Å². The van der Waals surface area contributed by atoms with Gasteiger partial charge in [0, 0.05) is 11.3 Å². The second-order valence-corrected chi connectivity index (χ2v) is 5.19. The van der Waals surface area contributed by atoms with Crippen LogP contribution in [0.2, 0.25) is 0 Å². The largest absolute Gasteiger partial charge is 0.384 e. The highest BCUT2D eigenvalue weighted by Crippen LogP contribution is 2.20.